The minimum atomic E-state index is -1.33. The first-order valence-electron chi connectivity index (χ1n) is 4.89. The molecule has 92 valence electrons. The molecule has 1 aromatic carbocycles. The normalized spacial score (nSPS) is 10.1. The molecule has 4 nitrogen and oxygen atoms in total. The van der Waals surface area contributed by atoms with Gasteiger partial charge in [0, 0.05) is 0 Å². The van der Waals surface area contributed by atoms with Gasteiger partial charge < -0.3 is 9.84 Å². The lowest BCUT2D eigenvalue weighted by molar-refractivity contribution is 0.0692. The van der Waals surface area contributed by atoms with Crippen molar-refractivity contribution < 1.29 is 19.0 Å². The monoisotopic (exact) mass is 267 g/mol. The zero-order chi connectivity index (χ0) is 13.1. The lowest BCUT2D eigenvalue weighted by Gasteiger charge is -2.08. The van der Waals surface area contributed by atoms with Crippen LogP contribution in [0.15, 0.2) is 36.5 Å². The second kappa shape index (κ2) is 5.01. The SMILES string of the molecule is O=C(O)c1cc(F)cnc1Oc1ccccc1Cl. The van der Waals surface area contributed by atoms with Crippen LogP contribution in [-0.4, -0.2) is 16.1 Å². The van der Waals surface area contributed by atoms with Crippen LogP contribution in [0.25, 0.3) is 0 Å². The summed E-state index contributed by atoms with van der Waals surface area (Å²) in [7, 11) is 0. The smallest absolute Gasteiger partial charge is 0.341 e. The number of pyridine rings is 1. The number of carboxylic acids is 1. The van der Waals surface area contributed by atoms with Crippen molar-refractivity contribution in [1.82, 2.24) is 4.98 Å². The molecule has 18 heavy (non-hydrogen) atoms. The number of hydrogen-bond acceptors (Lipinski definition) is 3. The van der Waals surface area contributed by atoms with Gasteiger partial charge in [-0.3, -0.25) is 0 Å². The van der Waals surface area contributed by atoms with E-state index in [-0.39, 0.29) is 17.2 Å². The van der Waals surface area contributed by atoms with Crippen LogP contribution in [0.5, 0.6) is 11.6 Å². The Morgan fingerprint density at radius 2 is 2.11 bits per heavy atom. The number of nitrogens with zero attached hydrogens (tertiary/aromatic N) is 1. The van der Waals surface area contributed by atoms with Crippen LogP contribution in [0.4, 0.5) is 4.39 Å². The molecule has 0 fully saturated rings. The summed E-state index contributed by atoms with van der Waals surface area (Å²) >= 11 is 5.86. The highest BCUT2D eigenvalue weighted by Crippen LogP contribution is 2.29. The fraction of sp³-hybridized carbons (Fsp3) is 0. The Labute approximate surface area is 107 Å². The molecule has 2 aromatic rings. The second-order valence-electron chi connectivity index (χ2n) is 3.34. The second-order valence-corrected chi connectivity index (χ2v) is 3.75. The average molecular weight is 268 g/mol. The first kappa shape index (κ1) is 12.3. The molecule has 1 heterocycles. The summed E-state index contributed by atoms with van der Waals surface area (Å²) in [6.45, 7) is 0. The van der Waals surface area contributed by atoms with Crippen LogP contribution in [0.3, 0.4) is 0 Å². The summed E-state index contributed by atoms with van der Waals surface area (Å²) in [5.74, 6) is -2.04. The Kier molecular flexibility index (Phi) is 3.43. The number of halogens is 2. The number of aromatic carboxylic acids is 1. The summed E-state index contributed by atoms with van der Waals surface area (Å²) in [5, 5.41) is 9.22. The molecule has 0 bridgehead atoms. The lowest BCUT2D eigenvalue weighted by atomic mass is 10.2. The molecule has 0 radical (unpaired) electrons. The third-order valence-electron chi connectivity index (χ3n) is 2.09. The number of benzene rings is 1. The zero-order valence-corrected chi connectivity index (χ0v) is 9.69. The molecule has 0 saturated carbocycles. The van der Waals surface area contributed by atoms with Gasteiger partial charge in [0.2, 0.25) is 5.88 Å². The molecule has 1 aromatic heterocycles. The van der Waals surface area contributed by atoms with E-state index in [4.69, 9.17) is 21.4 Å². The highest BCUT2D eigenvalue weighted by Gasteiger charge is 2.15. The first-order valence-corrected chi connectivity index (χ1v) is 5.27. The maximum atomic E-state index is 12.9. The van der Waals surface area contributed by atoms with Crippen LogP contribution in [0, 0.1) is 5.82 Å². The maximum absolute atomic E-state index is 12.9. The van der Waals surface area contributed by atoms with E-state index < -0.39 is 11.8 Å². The van der Waals surface area contributed by atoms with Gasteiger partial charge in [-0.25, -0.2) is 14.2 Å². The van der Waals surface area contributed by atoms with E-state index in [9.17, 15) is 9.18 Å². The predicted octanol–water partition coefficient (Wildman–Crippen LogP) is 3.36. The van der Waals surface area contributed by atoms with Crippen LogP contribution in [-0.2, 0) is 0 Å². The summed E-state index contributed by atoms with van der Waals surface area (Å²) in [5.41, 5.74) is -0.366. The fourth-order valence-electron chi connectivity index (χ4n) is 1.29. The van der Waals surface area contributed by atoms with Crippen LogP contribution in [0.1, 0.15) is 10.4 Å². The van der Waals surface area contributed by atoms with Crippen LogP contribution < -0.4 is 4.74 Å². The van der Waals surface area contributed by atoms with E-state index in [1.165, 1.54) is 0 Å². The van der Waals surface area contributed by atoms with Gasteiger partial charge in [0.15, 0.2) is 0 Å². The predicted molar refractivity (Wildman–Crippen MR) is 62.7 cm³/mol. The van der Waals surface area contributed by atoms with Crippen molar-refractivity contribution in [2.75, 3.05) is 0 Å². The van der Waals surface area contributed by atoms with E-state index in [1.807, 2.05) is 0 Å². The number of ether oxygens (including phenoxy) is 1. The highest BCUT2D eigenvalue weighted by atomic mass is 35.5. The average Bonchev–Trinajstić information content (AvgIpc) is 2.34. The molecular formula is C12H7ClFNO3. The van der Waals surface area contributed by atoms with Gasteiger partial charge in [-0.2, -0.15) is 0 Å². The van der Waals surface area contributed by atoms with E-state index in [1.54, 1.807) is 24.3 Å². The molecule has 0 spiro atoms. The molecule has 0 atom stereocenters. The largest absolute Gasteiger partial charge is 0.477 e. The van der Waals surface area contributed by atoms with Gasteiger partial charge in [0.1, 0.15) is 17.1 Å². The van der Waals surface area contributed by atoms with Crippen molar-refractivity contribution in [2.24, 2.45) is 0 Å². The van der Waals surface area contributed by atoms with E-state index in [2.05, 4.69) is 4.98 Å². The van der Waals surface area contributed by atoms with Crippen molar-refractivity contribution in [3.05, 3.63) is 52.9 Å². The molecule has 1 N–H and O–H groups in total. The van der Waals surface area contributed by atoms with Crippen LogP contribution >= 0.6 is 11.6 Å². The fourth-order valence-corrected chi connectivity index (χ4v) is 1.47. The highest BCUT2D eigenvalue weighted by molar-refractivity contribution is 6.32. The van der Waals surface area contributed by atoms with Gasteiger partial charge in [-0.05, 0) is 18.2 Å². The van der Waals surface area contributed by atoms with E-state index in [0.29, 0.717) is 5.02 Å². The van der Waals surface area contributed by atoms with Crippen molar-refractivity contribution >= 4 is 17.6 Å². The molecule has 0 amide bonds. The number of carboxylic acid groups (broad SMARTS) is 1. The van der Waals surface area contributed by atoms with Gasteiger partial charge >= 0.3 is 5.97 Å². The first-order chi connectivity index (χ1) is 8.58. The topological polar surface area (TPSA) is 59.4 Å². The van der Waals surface area contributed by atoms with Crippen molar-refractivity contribution in [3.8, 4) is 11.6 Å². The Balaban J connectivity index is 2.41. The van der Waals surface area contributed by atoms with Crippen molar-refractivity contribution in [3.63, 3.8) is 0 Å². The molecule has 0 aliphatic rings. The quantitative estimate of drug-likeness (QED) is 0.926. The summed E-state index contributed by atoms with van der Waals surface area (Å²) < 4.78 is 18.2. The minimum Gasteiger partial charge on any atom is -0.477 e. The van der Waals surface area contributed by atoms with E-state index >= 15 is 0 Å². The zero-order valence-electron chi connectivity index (χ0n) is 8.93. The summed E-state index contributed by atoms with van der Waals surface area (Å²) in [6, 6.07) is 7.35. The Bertz CT molecular complexity index is 604. The molecular weight excluding hydrogens is 261 g/mol. The number of aromatic nitrogens is 1. The number of rotatable bonds is 3. The maximum Gasteiger partial charge on any atom is 0.341 e. The number of hydrogen-bond donors (Lipinski definition) is 1. The standard InChI is InChI=1S/C12H7ClFNO3/c13-9-3-1-2-4-10(9)18-11-8(12(16)17)5-7(14)6-15-11/h1-6H,(H,16,17). The Morgan fingerprint density at radius 3 is 2.78 bits per heavy atom. The number of para-hydroxylation sites is 1. The Morgan fingerprint density at radius 1 is 1.39 bits per heavy atom. The number of carbonyl (C=O) groups is 1. The van der Waals surface area contributed by atoms with Gasteiger partial charge in [0.05, 0.1) is 11.2 Å². The third-order valence-corrected chi connectivity index (χ3v) is 2.40. The van der Waals surface area contributed by atoms with Crippen LogP contribution in [0.2, 0.25) is 5.02 Å². The molecule has 2 rings (SSSR count). The van der Waals surface area contributed by atoms with E-state index in [0.717, 1.165) is 12.3 Å². The minimum absolute atomic E-state index is 0.211. The molecule has 6 heteroatoms. The summed E-state index contributed by atoms with van der Waals surface area (Å²) in [6.07, 6.45) is 0.874. The van der Waals surface area contributed by atoms with Gasteiger partial charge in [-0.1, -0.05) is 23.7 Å². The van der Waals surface area contributed by atoms with Crippen molar-refractivity contribution in [2.45, 2.75) is 0 Å². The molecule has 0 aliphatic heterocycles. The molecule has 0 aliphatic carbocycles. The Hall–Kier alpha value is -2.14. The summed E-state index contributed by atoms with van der Waals surface area (Å²) in [4.78, 5) is 14.5. The lowest BCUT2D eigenvalue weighted by Crippen LogP contribution is -2.03. The van der Waals surface area contributed by atoms with Crippen molar-refractivity contribution in [1.29, 1.82) is 0 Å². The molecule has 0 unspecified atom stereocenters. The molecule has 0 saturated heterocycles. The van der Waals surface area contributed by atoms with Gasteiger partial charge in [0.25, 0.3) is 0 Å². The van der Waals surface area contributed by atoms with Gasteiger partial charge in [-0.15, -0.1) is 0 Å². The third kappa shape index (κ3) is 2.57.